The van der Waals surface area contributed by atoms with Gasteiger partial charge in [-0.25, -0.2) is 9.59 Å². The third-order valence-electron chi connectivity index (χ3n) is 24.7. The number of hydrogen-bond acceptors (Lipinski definition) is 21. The maximum Gasteiger partial charge on any atom is 0.490 e. The fourth-order valence-electron chi connectivity index (χ4n) is 19.4. The van der Waals surface area contributed by atoms with E-state index in [1.165, 1.54) is 5.57 Å². The second-order valence-corrected chi connectivity index (χ2v) is 33.5. The van der Waals surface area contributed by atoms with Crippen molar-refractivity contribution >= 4 is 112 Å². The van der Waals surface area contributed by atoms with E-state index in [1.807, 2.05) is 25.6 Å². The Morgan fingerprint density at radius 2 is 1.35 bits per heavy atom. The first kappa shape index (κ1) is 85.2. The number of nitrogens with two attached hydrogens (primary N) is 3. The number of unbranched alkanes of at least 4 members (excludes halogenated alkanes) is 3. The number of carboxylic acids is 1. The standard InChI is InChI=1S/C48H75N9O11S2.C22H29ClO6.C2HF3O2/c1-46-17-15-28(58)21-27(46)13-14-29-30-16-18-48(67,47(30,2)22-34(59)40(29)46)36(60)23-68-39(63)26-69-24-33(42(49)64)55-43(65)31(9-8-20-53-44(50)51)54-38(62)12-4-3-7-19-52-37(61)11-6-5-10-35-41-32(25-70-35)56-45(66)57-41;1-21-9-17(25)20-14-5-3-13(24)8-12(14)2-4-15(20)16(21)6-7-22(21,28)18(26)11-29-19(27)10-23;3-2(4,5)1(6)7/h21,29-35,40-41,59,67H,3-20,22-26H2,1-2H3,(H2,49,64)(H,52,61)(H,54,62)(H,55,65)(H4,50,51,53)(H2,56,57,66);8,14-17,20,25,28H,2-7,9-11H2,1H3;(H,6,7)/t29-,30-,31+,32-,33-,34-,35-,40+,41-,46-,47-,48-;14?,15-,16-,17-,20+,21-,22-;/m00./s1. The third-order valence-corrected chi connectivity index (χ3v) is 27.5. The highest BCUT2D eigenvalue weighted by atomic mass is 35.5. The molecule has 2 aliphatic heterocycles. The van der Waals surface area contributed by atoms with Crippen molar-refractivity contribution in [2.75, 3.05) is 49.4 Å². The summed E-state index contributed by atoms with van der Waals surface area (Å²) in [6.45, 7) is 5.39. The number of alkyl halides is 4. The summed E-state index contributed by atoms with van der Waals surface area (Å²) in [5.74, 6) is -6.46. The summed E-state index contributed by atoms with van der Waals surface area (Å²) in [4.78, 5) is 151. The molecule has 0 bridgehead atoms. The van der Waals surface area contributed by atoms with Gasteiger partial charge in [-0.3, -0.25) is 52.9 Å². The highest BCUT2D eigenvalue weighted by molar-refractivity contribution is 8.00. The maximum atomic E-state index is 13.8. The smallest absolute Gasteiger partial charge is 0.475 e. The highest BCUT2D eigenvalue weighted by Gasteiger charge is 2.70. The number of primary amides is 1. The van der Waals surface area contributed by atoms with E-state index < -0.39 is 107 Å². The van der Waals surface area contributed by atoms with Crippen LogP contribution in [0.1, 0.15) is 175 Å². The summed E-state index contributed by atoms with van der Waals surface area (Å²) >= 11 is 8.22. The molecular weight excluding hydrogens is 1450 g/mol. The van der Waals surface area contributed by atoms with Gasteiger partial charge in [-0.1, -0.05) is 44.8 Å². The van der Waals surface area contributed by atoms with Gasteiger partial charge in [0.05, 0.1) is 30.0 Å². The van der Waals surface area contributed by atoms with Crippen molar-refractivity contribution in [3.05, 3.63) is 23.3 Å². The maximum absolute atomic E-state index is 13.8. The van der Waals surface area contributed by atoms with Gasteiger partial charge in [-0.2, -0.15) is 24.9 Å². The molecule has 8 aliphatic carbocycles. The molecule has 6 saturated carbocycles. The number of hydrogen-bond donors (Lipinski definition) is 13. The van der Waals surface area contributed by atoms with Crippen LogP contribution in [-0.2, 0) is 62.2 Å². The lowest BCUT2D eigenvalue weighted by Gasteiger charge is -2.60. The lowest BCUT2D eigenvalue weighted by molar-refractivity contribution is -0.192. The van der Waals surface area contributed by atoms with Crippen LogP contribution in [0, 0.1) is 57.7 Å². The quantitative estimate of drug-likeness (QED) is 0.0121. The molecule has 106 heavy (non-hydrogen) atoms. The Balaban J connectivity index is 0.000000321. The molecule has 0 aromatic heterocycles. The number of Topliss-reactive ketones (excluding diaryl/α,β-unsaturated/α-hetero) is 2. The molecule has 2 heterocycles. The summed E-state index contributed by atoms with van der Waals surface area (Å²) in [6, 6.07) is -2.06. The number of carbonyl (C=O) groups excluding carboxylic acids is 11. The summed E-state index contributed by atoms with van der Waals surface area (Å²) in [5, 5.41) is 68.0. The molecule has 28 nitrogen and oxygen atoms in total. The average molecular weight is 1560 g/mol. The first-order chi connectivity index (χ1) is 49.9. The van der Waals surface area contributed by atoms with Crippen molar-refractivity contribution < 1.29 is 106 Å². The number of aliphatic imine (C=N–C) groups is 1. The molecule has 10 aliphatic rings. The summed E-state index contributed by atoms with van der Waals surface area (Å²) in [5.41, 5.74) is 13.3. The lowest BCUT2D eigenvalue weighted by Crippen LogP contribution is -2.62. The molecule has 34 heteroatoms. The first-order valence-corrected chi connectivity index (χ1v) is 39.6. The van der Waals surface area contributed by atoms with E-state index in [4.69, 9.17) is 48.2 Å². The average Bonchev–Trinajstić information content (AvgIpc) is 1.49. The fourth-order valence-corrected chi connectivity index (χ4v) is 21.9. The second-order valence-electron chi connectivity index (χ2n) is 31.0. The lowest BCUT2D eigenvalue weighted by atomic mass is 9.45. The number of fused-ring (bicyclic) bond motifs is 11. The van der Waals surface area contributed by atoms with Gasteiger partial charge in [0.1, 0.15) is 29.2 Å². The first-order valence-electron chi connectivity index (χ1n) is 36.9. The number of nitrogens with zero attached hydrogens (tertiary/aromatic N) is 1. The largest absolute Gasteiger partial charge is 0.490 e. The van der Waals surface area contributed by atoms with E-state index in [1.54, 1.807) is 12.2 Å². The number of halogens is 4. The van der Waals surface area contributed by atoms with Crippen LogP contribution in [0.4, 0.5) is 18.0 Å². The van der Waals surface area contributed by atoms with Gasteiger partial charge in [-0.15, -0.1) is 23.4 Å². The number of aliphatic hydroxyl groups excluding tert-OH is 2. The van der Waals surface area contributed by atoms with Crippen molar-refractivity contribution in [2.24, 2.45) is 79.9 Å². The van der Waals surface area contributed by atoms with E-state index >= 15 is 0 Å². The van der Waals surface area contributed by atoms with Crippen LogP contribution in [-0.4, -0.2) is 211 Å². The van der Waals surface area contributed by atoms with Crippen molar-refractivity contribution in [2.45, 2.75) is 234 Å². The van der Waals surface area contributed by atoms with Crippen LogP contribution >= 0.6 is 35.1 Å². The number of nitrogens with one attached hydrogen (secondary N) is 5. The minimum atomic E-state index is -5.08. The molecule has 0 aromatic rings. The van der Waals surface area contributed by atoms with Gasteiger partial charge in [0.15, 0.2) is 30.7 Å². The molecule has 0 radical (unpaired) electrons. The van der Waals surface area contributed by atoms with Crippen LogP contribution in [0.5, 0.6) is 0 Å². The van der Waals surface area contributed by atoms with Crippen molar-refractivity contribution in [3.8, 4) is 0 Å². The number of allylic oxidation sites excluding steroid dienone is 2. The van der Waals surface area contributed by atoms with Gasteiger partial charge in [0.2, 0.25) is 35.2 Å². The number of aliphatic carboxylic acids is 1. The normalized spacial score (nSPS) is 33.5. The number of carbonyl (C=O) groups is 12. The van der Waals surface area contributed by atoms with E-state index in [0.29, 0.717) is 88.8 Å². The Bertz CT molecular complexity index is 3410. The Morgan fingerprint density at radius 1 is 0.736 bits per heavy atom. The SMILES string of the molecule is C[C@]12CCC(=O)C=C1CC[C@@H]1[C@@H]2[C@@H](O)C[C@@]2(C)[C@H]1CC[C@]2(O)C(=O)COC(=O)CSC[C@H](NC(=O)[C@@H](CCCN=C(N)N)NC(=O)CCCCCNC(=O)CCCC[C@@H]1SC[C@@H]2NC(=O)N[C@@H]21)C(N)=O.C[C@]12C[C@H](O)[C@@H]3C4CCC(=O)C=C4CC[C@H]3[C@@H]1CC[C@]2(O)C(=O)COC(=O)CCl.O=C(O)C(F)(F)F. The molecule has 16 N–H and O–H groups in total. The molecular formula is C72H105ClF3N9O19S2. The summed E-state index contributed by atoms with van der Waals surface area (Å²) in [7, 11) is 0. The summed E-state index contributed by atoms with van der Waals surface area (Å²) in [6.07, 6.45) is 10.4. The molecule has 19 atom stereocenters. The number of esters is 2. The number of ether oxygens (including phenoxy) is 2. The molecule has 0 spiro atoms. The zero-order chi connectivity index (χ0) is 77.9. The van der Waals surface area contributed by atoms with Gasteiger partial charge < -0.3 is 78.8 Å². The number of rotatable bonds is 30. The number of aliphatic hydroxyl groups is 4. The van der Waals surface area contributed by atoms with Crippen LogP contribution in [0.25, 0.3) is 0 Å². The van der Waals surface area contributed by atoms with Crippen LogP contribution in [0.2, 0.25) is 0 Å². The number of guanidine groups is 1. The number of carboxylic acid groups (broad SMARTS) is 1. The van der Waals surface area contributed by atoms with Crippen LogP contribution in [0.3, 0.4) is 0 Å². The molecule has 6 amide bonds. The second kappa shape index (κ2) is 36.4. The monoisotopic (exact) mass is 1560 g/mol. The highest BCUT2D eigenvalue weighted by Crippen LogP contribution is 2.68. The molecule has 0 aromatic carbocycles. The van der Waals surface area contributed by atoms with Gasteiger partial charge in [0, 0.05) is 66.4 Å². The number of thioether (sulfide) groups is 2. The molecule has 592 valence electrons. The topological polar surface area (TPSA) is 475 Å². The van der Waals surface area contributed by atoms with Crippen molar-refractivity contribution in [3.63, 3.8) is 0 Å². The van der Waals surface area contributed by atoms with E-state index in [9.17, 15) is 86.3 Å². The number of ketones is 4. The Hall–Kier alpha value is -6.39. The van der Waals surface area contributed by atoms with E-state index in [-0.39, 0.29) is 144 Å². The molecule has 8 fully saturated rings. The van der Waals surface area contributed by atoms with E-state index in [0.717, 1.165) is 74.5 Å². The Labute approximate surface area is 627 Å². The molecule has 1 unspecified atom stereocenters. The molecule has 10 rings (SSSR count). The minimum Gasteiger partial charge on any atom is -0.475 e. The summed E-state index contributed by atoms with van der Waals surface area (Å²) < 4.78 is 42.0. The van der Waals surface area contributed by atoms with Gasteiger partial charge in [0.25, 0.3) is 0 Å². The minimum absolute atomic E-state index is 0.0291. The predicted molar refractivity (Wildman–Crippen MR) is 384 cm³/mol. The zero-order valence-electron chi connectivity index (χ0n) is 60.3. The third kappa shape index (κ3) is 19.8. The van der Waals surface area contributed by atoms with E-state index in [2.05, 4.69) is 38.5 Å². The Kier molecular flexibility index (Phi) is 29.3. The van der Waals surface area contributed by atoms with Gasteiger partial charge >= 0.3 is 30.1 Å². The zero-order valence-corrected chi connectivity index (χ0v) is 62.7. The van der Waals surface area contributed by atoms with Crippen molar-refractivity contribution in [1.29, 1.82) is 0 Å². The van der Waals surface area contributed by atoms with Crippen LogP contribution in [0.15, 0.2) is 28.3 Å². The van der Waals surface area contributed by atoms with Crippen LogP contribution < -0.4 is 43.8 Å². The van der Waals surface area contributed by atoms with Gasteiger partial charge in [-0.05, 0) is 175 Å². The molecule has 2 saturated heterocycles. The predicted octanol–water partition coefficient (Wildman–Crippen LogP) is 3.79. The van der Waals surface area contributed by atoms with Crippen molar-refractivity contribution in [1.82, 2.24) is 26.6 Å². The number of amides is 6. The fraction of sp³-hybridized carbons (Fsp3) is 0.764. The number of urea groups is 1. The Morgan fingerprint density at radius 3 is 1.99 bits per heavy atom.